The molecule has 122 valence electrons. The topological polar surface area (TPSA) is 91.3 Å². The molecule has 0 spiro atoms. The molecule has 0 aromatic carbocycles. The molecule has 0 fully saturated rings. The lowest BCUT2D eigenvalue weighted by Crippen LogP contribution is -2.38. The first-order chi connectivity index (χ1) is 10.1. The smallest absolute Gasteiger partial charge is 0.417 e. The van der Waals surface area contributed by atoms with Crippen molar-refractivity contribution in [2.24, 2.45) is 0 Å². The van der Waals surface area contributed by atoms with Gasteiger partial charge in [-0.3, -0.25) is 9.59 Å². The number of alkyl halides is 3. The molecule has 0 aliphatic carbocycles. The first kappa shape index (κ1) is 18.0. The molecule has 10 heteroatoms. The Morgan fingerprint density at radius 3 is 2.59 bits per heavy atom. The zero-order valence-corrected chi connectivity index (χ0v) is 12.1. The minimum atomic E-state index is -4.54. The van der Waals surface area contributed by atoms with Crippen molar-refractivity contribution in [1.29, 1.82) is 0 Å². The largest absolute Gasteiger partial charge is 0.480 e. The average molecular weight is 340 g/mol. The number of pyridine rings is 1. The van der Waals surface area contributed by atoms with E-state index in [9.17, 15) is 22.8 Å². The number of carboxylic acids is 1. The van der Waals surface area contributed by atoms with Crippen molar-refractivity contribution in [3.05, 3.63) is 22.8 Å². The molecule has 0 saturated heterocycles. The van der Waals surface area contributed by atoms with E-state index in [1.54, 1.807) is 0 Å². The fourth-order valence-electron chi connectivity index (χ4n) is 1.39. The Labute approximate surface area is 128 Å². The number of carboxylic acid groups (broad SMARTS) is 1. The van der Waals surface area contributed by atoms with Gasteiger partial charge in [-0.1, -0.05) is 11.6 Å². The molecular formula is C12H13ClF3N3O3. The summed E-state index contributed by atoms with van der Waals surface area (Å²) in [5.41, 5.74) is -0.976. The molecule has 6 nitrogen and oxygen atoms in total. The highest BCUT2D eigenvalue weighted by Crippen LogP contribution is 2.32. The molecule has 1 aromatic rings. The normalized spacial score (nSPS) is 12.6. The van der Waals surface area contributed by atoms with Crippen molar-refractivity contribution in [1.82, 2.24) is 10.3 Å². The van der Waals surface area contributed by atoms with E-state index in [0.29, 0.717) is 6.20 Å². The Morgan fingerprint density at radius 2 is 2.09 bits per heavy atom. The van der Waals surface area contributed by atoms with Crippen molar-refractivity contribution < 1.29 is 27.9 Å². The number of nitrogens with zero attached hydrogens (tertiary/aromatic N) is 1. The van der Waals surface area contributed by atoms with Crippen LogP contribution in [-0.4, -0.2) is 34.6 Å². The van der Waals surface area contributed by atoms with Gasteiger partial charge in [0.25, 0.3) is 0 Å². The number of rotatable bonds is 6. The highest BCUT2D eigenvalue weighted by atomic mass is 35.5. The van der Waals surface area contributed by atoms with Crippen LogP contribution < -0.4 is 10.6 Å². The summed E-state index contributed by atoms with van der Waals surface area (Å²) in [5.74, 6) is -1.69. The van der Waals surface area contributed by atoms with Crippen LogP contribution in [0.4, 0.5) is 19.0 Å². The first-order valence-electron chi connectivity index (χ1n) is 6.10. The third-order valence-corrected chi connectivity index (χ3v) is 2.85. The van der Waals surface area contributed by atoms with Gasteiger partial charge in [0.2, 0.25) is 5.91 Å². The summed E-state index contributed by atoms with van der Waals surface area (Å²) >= 11 is 5.67. The summed E-state index contributed by atoms with van der Waals surface area (Å²) in [4.78, 5) is 25.5. The average Bonchev–Trinajstić information content (AvgIpc) is 2.39. The molecule has 1 heterocycles. The molecule has 0 aliphatic heterocycles. The standard InChI is InChI=1S/C12H13ClF3N3O3/c1-6(11(21)22)19-9(20)2-3-17-10-8(13)4-7(5-18-10)12(14,15)16/h4-6H,2-3H2,1H3,(H,17,18)(H,19,20)(H,21,22)/t6-/m1/s1. The number of hydrogen-bond acceptors (Lipinski definition) is 4. The maximum Gasteiger partial charge on any atom is 0.417 e. The number of amides is 1. The number of nitrogens with one attached hydrogen (secondary N) is 2. The number of anilines is 1. The Kier molecular flexibility index (Phi) is 5.98. The summed E-state index contributed by atoms with van der Waals surface area (Å²) < 4.78 is 37.3. The van der Waals surface area contributed by atoms with Gasteiger partial charge in [-0.15, -0.1) is 0 Å². The van der Waals surface area contributed by atoms with Gasteiger partial charge < -0.3 is 15.7 Å². The van der Waals surface area contributed by atoms with Crippen LogP contribution in [0.5, 0.6) is 0 Å². The second kappa shape index (κ2) is 7.30. The molecule has 0 radical (unpaired) electrons. The van der Waals surface area contributed by atoms with E-state index in [-0.39, 0.29) is 23.8 Å². The van der Waals surface area contributed by atoms with Crippen LogP contribution in [0.15, 0.2) is 12.3 Å². The second-order valence-electron chi connectivity index (χ2n) is 4.36. The number of aromatic nitrogens is 1. The van der Waals surface area contributed by atoms with Crippen LogP contribution in [0.2, 0.25) is 5.02 Å². The lowest BCUT2D eigenvalue weighted by Gasteiger charge is -2.12. The van der Waals surface area contributed by atoms with Gasteiger partial charge in [0.15, 0.2) is 0 Å². The highest BCUT2D eigenvalue weighted by molar-refractivity contribution is 6.32. The Bertz CT molecular complexity index is 566. The zero-order valence-electron chi connectivity index (χ0n) is 11.4. The van der Waals surface area contributed by atoms with E-state index >= 15 is 0 Å². The van der Waals surface area contributed by atoms with E-state index in [1.165, 1.54) is 6.92 Å². The Morgan fingerprint density at radius 1 is 1.45 bits per heavy atom. The molecule has 1 aromatic heterocycles. The summed E-state index contributed by atoms with van der Waals surface area (Å²) in [5, 5.41) is 13.2. The molecule has 0 unspecified atom stereocenters. The predicted octanol–water partition coefficient (Wildman–Crippen LogP) is 2.15. The van der Waals surface area contributed by atoms with Gasteiger partial charge in [0.1, 0.15) is 11.9 Å². The van der Waals surface area contributed by atoms with E-state index in [2.05, 4.69) is 15.6 Å². The van der Waals surface area contributed by atoms with Gasteiger partial charge in [-0.2, -0.15) is 13.2 Å². The molecule has 3 N–H and O–H groups in total. The number of carbonyl (C=O) groups excluding carboxylic acids is 1. The number of aliphatic carboxylic acids is 1. The number of hydrogen-bond donors (Lipinski definition) is 3. The lowest BCUT2D eigenvalue weighted by molar-refractivity contribution is -0.141. The van der Waals surface area contributed by atoms with Crippen LogP contribution in [0.3, 0.4) is 0 Å². The van der Waals surface area contributed by atoms with Crippen LogP contribution in [0.25, 0.3) is 0 Å². The van der Waals surface area contributed by atoms with E-state index in [4.69, 9.17) is 16.7 Å². The van der Waals surface area contributed by atoms with Gasteiger partial charge in [0, 0.05) is 19.2 Å². The zero-order chi connectivity index (χ0) is 16.9. The minimum absolute atomic E-state index is 0.00810. The molecule has 1 rings (SSSR count). The van der Waals surface area contributed by atoms with Gasteiger partial charge in [-0.05, 0) is 13.0 Å². The van der Waals surface area contributed by atoms with Gasteiger partial charge in [-0.25, -0.2) is 4.98 Å². The quantitative estimate of drug-likeness (QED) is 0.738. The SMILES string of the molecule is C[C@@H](NC(=O)CCNc1ncc(C(F)(F)F)cc1Cl)C(=O)O. The van der Waals surface area contributed by atoms with Crippen molar-refractivity contribution in [3.63, 3.8) is 0 Å². The predicted molar refractivity (Wildman–Crippen MR) is 72.6 cm³/mol. The summed E-state index contributed by atoms with van der Waals surface area (Å²) in [6, 6.07) is -0.302. The molecule has 0 saturated carbocycles. The summed E-state index contributed by atoms with van der Waals surface area (Å²) in [6.45, 7) is 1.35. The molecule has 1 amide bonds. The maximum absolute atomic E-state index is 12.4. The van der Waals surface area contributed by atoms with E-state index in [1.807, 2.05) is 0 Å². The maximum atomic E-state index is 12.4. The third kappa shape index (κ3) is 5.40. The highest BCUT2D eigenvalue weighted by Gasteiger charge is 2.31. The lowest BCUT2D eigenvalue weighted by atomic mass is 10.2. The van der Waals surface area contributed by atoms with Crippen molar-refractivity contribution in [2.75, 3.05) is 11.9 Å². The molecule has 0 aliphatic rings. The Balaban J connectivity index is 2.52. The molecular weight excluding hydrogens is 327 g/mol. The first-order valence-corrected chi connectivity index (χ1v) is 6.48. The van der Waals surface area contributed by atoms with Crippen molar-refractivity contribution in [3.8, 4) is 0 Å². The summed E-state index contributed by atoms with van der Waals surface area (Å²) in [7, 11) is 0. The monoisotopic (exact) mass is 339 g/mol. The van der Waals surface area contributed by atoms with Gasteiger partial charge >= 0.3 is 12.1 Å². The van der Waals surface area contributed by atoms with Crippen LogP contribution in [0.1, 0.15) is 18.9 Å². The molecule has 1 atom stereocenters. The van der Waals surface area contributed by atoms with Crippen LogP contribution in [-0.2, 0) is 15.8 Å². The Hall–Kier alpha value is -2.03. The summed E-state index contributed by atoms with van der Waals surface area (Å²) in [6.07, 6.45) is -4.00. The second-order valence-corrected chi connectivity index (χ2v) is 4.76. The van der Waals surface area contributed by atoms with E-state index in [0.717, 1.165) is 6.07 Å². The van der Waals surface area contributed by atoms with Crippen LogP contribution in [0, 0.1) is 0 Å². The van der Waals surface area contributed by atoms with Crippen molar-refractivity contribution in [2.45, 2.75) is 25.6 Å². The van der Waals surface area contributed by atoms with E-state index < -0.39 is 29.7 Å². The number of carbonyl (C=O) groups is 2. The minimum Gasteiger partial charge on any atom is -0.480 e. The molecule has 0 bridgehead atoms. The van der Waals surface area contributed by atoms with Crippen LogP contribution >= 0.6 is 11.6 Å². The van der Waals surface area contributed by atoms with Crippen molar-refractivity contribution >= 4 is 29.3 Å². The molecule has 22 heavy (non-hydrogen) atoms. The fourth-order valence-corrected chi connectivity index (χ4v) is 1.63. The van der Waals surface area contributed by atoms with Gasteiger partial charge in [0.05, 0.1) is 10.6 Å². The fraction of sp³-hybridized carbons (Fsp3) is 0.417. The third-order valence-electron chi connectivity index (χ3n) is 2.56. The number of halogens is 4.